The van der Waals surface area contributed by atoms with E-state index in [1.165, 1.54) is 0 Å². The second-order valence-corrected chi connectivity index (χ2v) is 7.64. The van der Waals surface area contributed by atoms with Gasteiger partial charge in [-0.25, -0.2) is 4.98 Å². The van der Waals surface area contributed by atoms with E-state index in [4.69, 9.17) is 15.5 Å². The summed E-state index contributed by atoms with van der Waals surface area (Å²) in [6.07, 6.45) is 2.77. The second-order valence-electron chi connectivity index (χ2n) is 7.64. The predicted octanol–water partition coefficient (Wildman–Crippen LogP) is 3.41. The number of primary amides is 1. The first-order valence-corrected chi connectivity index (χ1v) is 10.1. The molecule has 1 aliphatic heterocycles. The van der Waals surface area contributed by atoms with Crippen LogP contribution >= 0.6 is 0 Å². The molecule has 0 aliphatic carbocycles. The standard InChI is InChI=1S/C23H23N5O2/c1-14-3-4-15(13-25-14)19-12-18(23(24)29)22-21(26-19)17-6-5-16(11-20(17)27-22)28-7-2-9-30-10-8-28/h3-6,11-13,27H,2,7-10H2,1H3,(H2,24,29). The molecule has 1 aliphatic rings. The summed E-state index contributed by atoms with van der Waals surface area (Å²) < 4.78 is 5.57. The summed E-state index contributed by atoms with van der Waals surface area (Å²) in [7, 11) is 0. The Morgan fingerprint density at radius 1 is 1.17 bits per heavy atom. The van der Waals surface area contributed by atoms with E-state index in [-0.39, 0.29) is 0 Å². The van der Waals surface area contributed by atoms with Gasteiger partial charge in [0.15, 0.2) is 0 Å². The fourth-order valence-electron chi connectivity index (χ4n) is 4.01. The zero-order valence-corrected chi connectivity index (χ0v) is 16.8. The number of nitrogens with zero attached hydrogens (tertiary/aromatic N) is 3. The van der Waals surface area contributed by atoms with Crippen molar-refractivity contribution < 1.29 is 9.53 Å². The summed E-state index contributed by atoms with van der Waals surface area (Å²) in [4.78, 5) is 27.1. The highest BCUT2D eigenvalue weighted by atomic mass is 16.5. The molecule has 0 saturated carbocycles. The van der Waals surface area contributed by atoms with Crippen molar-refractivity contribution >= 4 is 33.5 Å². The van der Waals surface area contributed by atoms with Gasteiger partial charge in [-0.2, -0.15) is 0 Å². The van der Waals surface area contributed by atoms with E-state index < -0.39 is 5.91 Å². The molecule has 0 radical (unpaired) electrons. The Bertz CT molecular complexity index is 1240. The lowest BCUT2D eigenvalue weighted by molar-refractivity contribution is 0.100. The number of nitrogens with one attached hydrogen (secondary N) is 1. The highest BCUT2D eigenvalue weighted by Crippen LogP contribution is 2.32. The van der Waals surface area contributed by atoms with Gasteiger partial charge in [0.25, 0.3) is 5.91 Å². The molecule has 152 valence electrons. The number of ether oxygens (including phenoxy) is 1. The van der Waals surface area contributed by atoms with Gasteiger partial charge in [0.1, 0.15) is 0 Å². The summed E-state index contributed by atoms with van der Waals surface area (Å²) in [6.45, 7) is 5.28. The van der Waals surface area contributed by atoms with Gasteiger partial charge in [0, 0.05) is 48.2 Å². The third-order valence-electron chi connectivity index (χ3n) is 5.60. The van der Waals surface area contributed by atoms with Crippen molar-refractivity contribution in [3.8, 4) is 11.3 Å². The Labute approximate surface area is 173 Å². The number of nitrogens with two attached hydrogens (primary N) is 1. The van der Waals surface area contributed by atoms with E-state index in [1.807, 2.05) is 19.1 Å². The molecule has 0 spiro atoms. The van der Waals surface area contributed by atoms with Gasteiger partial charge in [0.05, 0.1) is 34.4 Å². The Morgan fingerprint density at radius 2 is 2.07 bits per heavy atom. The first-order valence-electron chi connectivity index (χ1n) is 10.1. The molecule has 0 bridgehead atoms. The largest absolute Gasteiger partial charge is 0.380 e. The maximum Gasteiger partial charge on any atom is 0.250 e. The number of carbonyl (C=O) groups excluding carboxylic acids is 1. The lowest BCUT2D eigenvalue weighted by Crippen LogP contribution is -2.25. The van der Waals surface area contributed by atoms with Crippen molar-refractivity contribution in [1.29, 1.82) is 0 Å². The molecule has 1 fully saturated rings. The van der Waals surface area contributed by atoms with Crippen LogP contribution in [0, 0.1) is 6.92 Å². The second kappa shape index (κ2) is 7.42. The normalized spacial score (nSPS) is 14.9. The minimum Gasteiger partial charge on any atom is -0.380 e. The van der Waals surface area contributed by atoms with Crippen LogP contribution in [-0.2, 0) is 4.74 Å². The third-order valence-corrected chi connectivity index (χ3v) is 5.60. The molecule has 1 amide bonds. The SMILES string of the molecule is Cc1ccc(-c2cc(C(N)=O)c3[nH]c4cc(N5CCCOCC5)ccc4c3n2)cn1. The number of fused-ring (bicyclic) bond motifs is 3. The van der Waals surface area contributed by atoms with E-state index >= 15 is 0 Å². The molecule has 7 nitrogen and oxygen atoms in total. The fraction of sp³-hybridized carbons (Fsp3) is 0.261. The topological polar surface area (TPSA) is 97.1 Å². The van der Waals surface area contributed by atoms with Gasteiger partial charge in [-0.15, -0.1) is 0 Å². The van der Waals surface area contributed by atoms with Gasteiger partial charge >= 0.3 is 0 Å². The number of amides is 1. The Balaban J connectivity index is 1.67. The Morgan fingerprint density at radius 3 is 2.87 bits per heavy atom. The summed E-state index contributed by atoms with van der Waals surface area (Å²) in [5, 5.41) is 0.962. The number of rotatable bonds is 3. The summed E-state index contributed by atoms with van der Waals surface area (Å²) in [6, 6.07) is 11.9. The minimum absolute atomic E-state index is 0.427. The number of anilines is 1. The summed E-state index contributed by atoms with van der Waals surface area (Å²) in [5.74, 6) is -0.486. The van der Waals surface area contributed by atoms with Crippen LogP contribution in [0.1, 0.15) is 22.5 Å². The van der Waals surface area contributed by atoms with Crippen LogP contribution in [0.5, 0.6) is 0 Å². The highest BCUT2D eigenvalue weighted by molar-refractivity contribution is 6.14. The van der Waals surface area contributed by atoms with Crippen molar-refractivity contribution in [3.63, 3.8) is 0 Å². The molecule has 30 heavy (non-hydrogen) atoms. The molecule has 7 heteroatoms. The zero-order chi connectivity index (χ0) is 20.7. The first kappa shape index (κ1) is 18.6. The van der Waals surface area contributed by atoms with Gasteiger partial charge in [0.2, 0.25) is 0 Å². The minimum atomic E-state index is -0.486. The molecule has 4 heterocycles. The number of aryl methyl sites for hydroxylation is 1. The summed E-state index contributed by atoms with van der Waals surface area (Å²) >= 11 is 0. The van der Waals surface area contributed by atoms with Gasteiger partial charge in [-0.3, -0.25) is 9.78 Å². The zero-order valence-electron chi connectivity index (χ0n) is 16.8. The van der Waals surface area contributed by atoms with Crippen molar-refractivity contribution in [2.45, 2.75) is 13.3 Å². The van der Waals surface area contributed by atoms with Crippen LogP contribution in [0.3, 0.4) is 0 Å². The molecule has 4 aromatic rings. The Hall–Kier alpha value is -3.45. The van der Waals surface area contributed by atoms with E-state index in [0.717, 1.165) is 66.1 Å². The quantitative estimate of drug-likeness (QED) is 0.548. The van der Waals surface area contributed by atoms with E-state index in [1.54, 1.807) is 12.3 Å². The van der Waals surface area contributed by atoms with E-state index in [9.17, 15) is 4.79 Å². The lowest BCUT2D eigenvalue weighted by atomic mass is 10.1. The molecule has 5 rings (SSSR count). The molecular formula is C23H23N5O2. The number of carbonyl (C=O) groups is 1. The number of benzene rings is 1. The van der Waals surface area contributed by atoms with Crippen molar-refractivity contribution in [3.05, 3.63) is 53.9 Å². The number of aromatic nitrogens is 3. The molecular weight excluding hydrogens is 378 g/mol. The first-order chi connectivity index (χ1) is 14.6. The molecule has 0 unspecified atom stereocenters. The maximum atomic E-state index is 12.2. The summed E-state index contributed by atoms with van der Waals surface area (Å²) in [5.41, 5.74) is 12.1. The maximum absolute atomic E-state index is 12.2. The smallest absolute Gasteiger partial charge is 0.250 e. The molecule has 1 saturated heterocycles. The van der Waals surface area contributed by atoms with E-state index in [0.29, 0.717) is 16.8 Å². The van der Waals surface area contributed by atoms with Crippen LogP contribution in [0.4, 0.5) is 5.69 Å². The number of hydrogen-bond donors (Lipinski definition) is 2. The fourth-order valence-corrected chi connectivity index (χ4v) is 4.01. The highest BCUT2D eigenvalue weighted by Gasteiger charge is 2.18. The van der Waals surface area contributed by atoms with Crippen molar-refractivity contribution in [2.24, 2.45) is 5.73 Å². The van der Waals surface area contributed by atoms with Crippen molar-refractivity contribution in [2.75, 3.05) is 31.2 Å². The lowest BCUT2D eigenvalue weighted by Gasteiger charge is -2.21. The Kier molecular flexibility index (Phi) is 4.59. The third kappa shape index (κ3) is 3.27. The van der Waals surface area contributed by atoms with Gasteiger partial charge in [-0.05, 0) is 49.7 Å². The van der Waals surface area contributed by atoms with Gasteiger partial charge in [-0.1, -0.05) is 0 Å². The van der Waals surface area contributed by atoms with Crippen LogP contribution < -0.4 is 10.6 Å². The van der Waals surface area contributed by atoms with Crippen LogP contribution in [0.25, 0.3) is 33.2 Å². The van der Waals surface area contributed by atoms with Crippen LogP contribution in [0.15, 0.2) is 42.6 Å². The van der Waals surface area contributed by atoms with Crippen molar-refractivity contribution in [1.82, 2.24) is 15.0 Å². The average Bonchev–Trinajstić information content (AvgIpc) is 2.91. The number of hydrogen-bond acceptors (Lipinski definition) is 5. The number of pyridine rings is 2. The van der Waals surface area contributed by atoms with E-state index in [2.05, 4.69) is 33.1 Å². The molecule has 3 N–H and O–H groups in total. The number of H-pyrrole nitrogens is 1. The molecule has 0 atom stereocenters. The van der Waals surface area contributed by atoms with Crippen LogP contribution in [-0.4, -0.2) is 47.2 Å². The van der Waals surface area contributed by atoms with Gasteiger partial charge < -0.3 is 20.4 Å². The van der Waals surface area contributed by atoms with Crippen LogP contribution in [0.2, 0.25) is 0 Å². The average molecular weight is 401 g/mol. The molecule has 1 aromatic carbocycles. The monoisotopic (exact) mass is 401 g/mol. The molecule has 3 aromatic heterocycles. The number of aromatic amines is 1. The predicted molar refractivity (Wildman–Crippen MR) is 118 cm³/mol.